The predicted molar refractivity (Wildman–Crippen MR) is 73.2 cm³/mol. The molecule has 0 amide bonds. The molecule has 1 atom stereocenters. The van der Waals surface area contributed by atoms with Crippen LogP contribution in [0.4, 0.5) is 0 Å². The molecule has 0 heterocycles. The number of benzene rings is 1. The van der Waals surface area contributed by atoms with Crippen molar-refractivity contribution in [1.29, 1.82) is 0 Å². The molecule has 0 aliphatic rings. The van der Waals surface area contributed by atoms with Crippen LogP contribution in [0.15, 0.2) is 40.5 Å². The summed E-state index contributed by atoms with van der Waals surface area (Å²) in [5, 5.41) is 9.45. The summed E-state index contributed by atoms with van der Waals surface area (Å²) >= 11 is 2.13. The zero-order valence-electron chi connectivity index (χ0n) is 8.77. The van der Waals surface area contributed by atoms with Crippen LogP contribution < -0.4 is 0 Å². The molecule has 1 nitrogen and oxygen atoms in total. The molecule has 1 aromatic carbocycles. The van der Waals surface area contributed by atoms with Gasteiger partial charge in [0.15, 0.2) is 0 Å². The van der Waals surface area contributed by atoms with Gasteiger partial charge in [-0.1, -0.05) is 65.4 Å². The van der Waals surface area contributed by atoms with Crippen molar-refractivity contribution >= 4 is 22.6 Å². The molecule has 0 spiro atoms. The van der Waals surface area contributed by atoms with Gasteiger partial charge in [0, 0.05) is 0 Å². The van der Waals surface area contributed by atoms with Gasteiger partial charge >= 0.3 is 0 Å². The van der Waals surface area contributed by atoms with Crippen molar-refractivity contribution in [2.75, 3.05) is 0 Å². The zero-order chi connectivity index (χ0) is 10.9. The summed E-state index contributed by atoms with van der Waals surface area (Å²) in [4.78, 5) is 0. The maximum Gasteiger partial charge on any atom is 0.0728 e. The number of hydrogen-bond acceptors (Lipinski definition) is 1. The molecular weight excluding hydrogens is 299 g/mol. The smallest absolute Gasteiger partial charge is 0.0728 e. The highest BCUT2D eigenvalue weighted by Crippen LogP contribution is 2.08. The van der Waals surface area contributed by atoms with E-state index in [1.54, 1.807) is 0 Å². The molecule has 2 heteroatoms. The van der Waals surface area contributed by atoms with Gasteiger partial charge in [-0.15, -0.1) is 0 Å². The summed E-state index contributed by atoms with van der Waals surface area (Å²) in [6.45, 7) is 0. The van der Waals surface area contributed by atoms with E-state index in [0.29, 0.717) is 0 Å². The Bertz CT molecular complexity index is 282. The molecule has 0 bridgehead atoms. The van der Waals surface area contributed by atoms with Crippen molar-refractivity contribution in [3.8, 4) is 0 Å². The lowest BCUT2D eigenvalue weighted by Gasteiger charge is -2.04. The van der Waals surface area contributed by atoms with Crippen LogP contribution in [0, 0.1) is 0 Å². The normalized spacial score (nSPS) is 13.2. The standard InChI is InChI=1S/C13H17IO/c14-11-10-13(15)9-5-4-8-12-6-2-1-3-7-12/h1-3,6-7,10-11,13,15H,4-5,8-9H2. The van der Waals surface area contributed by atoms with Crippen LogP contribution in [0.3, 0.4) is 0 Å². The molecule has 0 saturated heterocycles. The molecule has 0 aliphatic carbocycles. The molecule has 82 valence electrons. The summed E-state index contributed by atoms with van der Waals surface area (Å²) in [7, 11) is 0. The Morgan fingerprint density at radius 2 is 1.93 bits per heavy atom. The number of unbranched alkanes of at least 4 members (excludes halogenated alkanes) is 1. The minimum absolute atomic E-state index is 0.266. The lowest BCUT2D eigenvalue weighted by molar-refractivity contribution is 0.209. The largest absolute Gasteiger partial charge is 0.389 e. The average molecular weight is 316 g/mol. The topological polar surface area (TPSA) is 20.2 Å². The summed E-state index contributed by atoms with van der Waals surface area (Å²) < 4.78 is 1.87. The molecule has 0 fully saturated rings. The highest BCUT2D eigenvalue weighted by molar-refractivity contribution is 14.1. The molecular formula is C13H17IO. The fourth-order valence-corrected chi connectivity index (χ4v) is 1.99. The van der Waals surface area contributed by atoms with Gasteiger partial charge in [-0.25, -0.2) is 0 Å². The first-order chi connectivity index (χ1) is 7.33. The molecule has 0 aromatic heterocycles. The molecule has 0 aliphatic heterocycles. The zero-order valence-corrected chi connectivity index (χ0v) is 10.9. The third-order valence-electron chi connectivity index (χ3n) is 2.35. The summed E-state index contributed by atoms with van der Waals surface area (Å²) in [6.07, 6.45) is 5.78. The fourth-order valence-electron chi connectivity index (χ4n) is 1.51. The lowest BCUT2D eigenvalue weighted by atomic mass is 10.1. The Labute approximate surface area is 105 Å². The molecule has 15 heavy (non-hydrogen) atoms. The number of hydrogen-bond donors (Lipinski definition) is 1. The van der Waals surface area contributed by atoms with Crippen LogP contribution in [0.2, 0.25) is 0 Å². The van der Waals surface area contributed by atoms with Gasteiger partial charge in [-0.05, 0) is 28.9 Å². The number of rotatable bonds is 6. The van der Waals surface area contributed by atoms with Gasteiger partial charge in [0.05, 0.1) is 6.10 Å². The number of aliphatic hydroxyl groups excluding tert-OH is 1. The maximum absolute atomic E-state index is 9.45. The quantitative estimate of drug-likeness (QED) is 0.627. The maximum atomic E-state index is 9.45. The van der Waals surface area contributed by atoms with Crippen molar-refractivity contribution in [2.45, 2.75) is 31.8 Å². The van der Waals surface area contributed by atoms with E-state index in [1.165, 1.54) is 5.56 Å². The highest BCUT2D eigenvalue weighted by Gasteiger charge is 1.98. The van der Waals surface area contributed by atoms with Crippen LogP contribution in [0.5, 0.6) is 0 Å². The second-order valence-electron chi connectivity index (χ2n) is 3.62. The third-order valence-corrected chi connectivity index (χ3v) is 2.77. The van der Waals surface area contributed by atoms with E-state index >= 15 is 0 Å². The summed E-state index contributed by atoms with van der Waals surface area (Å²) in [5.74, 6) is 0. The Morgan fingerprint density at radius 1 is 1.20 bits per heavy atom. The molecule has 1 aromatic rings. The molecule has 1 N–H and O–H groups in total. The lowest BCUT2D eigenvalue weighted by Crippen LogP contribution is -2.01. The Balaban J connectivity index is 2.12. The molecule has 0 radical (unpaired) electrons. The van der Waals surface area contributed by atoms with Crippen LogP contribution in [0.25, 0.3) is 0 Å². The van der Waals surface area contributed by atoms with Crippen molar-refractivity contribution in [1.82, 2.24) is 0 Å². The van der Waals surface area contributed by atoms with Gasteiger partial charge < -0.3 is 5.11 Å². The van der Waals surface area contributed by atoms with Crippen molar-refractivity contribution in [3.63, 3.8) is 0 Å². The van der Waals surface area contributed by atoms with Crippen LogP contribution in [0.1, 0.15) is 24.8 Å². The first kappa shape index (κ1) is 12.7. The second kappa shape index (κ2) is 7.88. The summed E-state index contributed by atoms with van der Waals surface area (Å²) in [6, 6.07) is 10.5. The van der Waals surface area contributed by atoms with E-state index in [2.05, 4.69) is 46.9 Å². The first-order valence-corrected chi connectivity index (χ1v) is 6.56. The molecule has 1 rings (SSSR count). The van der Waals surface area contributed by atoms with E-state index in [-0.39, 0.29) is 6.10 Å². The van der Waals surface area contributed by atoms with Crippen molar-refractivity contribution in [3.05, 3.63) is 46.1 Å². The fraction of sp³-hybridized carbons (Fsp3) is 0.385. The molecule has 0 saturated carbocycles. The van der Waals surface area contributed by atoms with Crippen molar-refractivity contribution < 1.29 is 5.11 Å². The van der Waals surface area contributed by atoms with E-state index in [9.17, 15) is 5.11 Å². The van der Waals surface area contributed by atoms with E-state index < -0.39 is 0 Å². The minimum atomic E-state index is -0.266. The van der Waals surface area contributed by atoms with E-state index in [4.69, 9.17) is 0 Å². The Morgan fingerprint density at radius 3 is 2.60 bits per heavy atom. The van der Waals surface area contributed by atoms with E-state index in [1.807, 2.05) is 16.2 Å². The van der Waals surface area contributed by atoms with Gasteiger partial charge in [0.25, 0.3) is 0 Å². The third kappa shape index (κ3) is 5.95. The van der Waals surface area contributed by atoms with Gasteiger partial charge in [-0.2, -0.15) is 0 Å². The van der Waals surface area contributed by atoms with Crippen LogP contribution in [-0.4, -0.2) is 11.2 Å². The van der Waals surface area contributed by atoms with Crippen molar-refractivity contribution in [2.24, 2.45) is 0 Å². The minimum Gasteiger partial charge on any atom is -0.389 e. The average Bonchev–Trinajstić information content (AvgIpc) is 2.26. The van der Waals surface area contributed by atoms with Gasteiger partial charge in [-0.3, -0.25) is 0 Å². The number of aryl methyl sites for hydroxylation is 1. The van der Waals surface area contributed by atoms with Gasteiger partial charge in [0.1, 0.15) is 0 Å². The SMILES string of the molecule is OC(C=CI)CCCCc1ccccc1. The monoisotopic (exact) mass is 316 g/mol. The highest BCUT2D eigenvalue weighted by atomic mass is 127. The summed E-state index contributed by atoms with van der Waals surface area (Å²) in [5.41, 5.74) is 1.39. The molecule has 1 unspecified atom stereocenters. The number of halogens is 1. The predicted octanol–water partition coefficient (Wildman–Crippen LogP) is 3.71. The Kier molecular flexibility index (Phi) is 6.68. The van der Waals surface area contributed by atoms with Crippen LogP contribution in [-0.2, 0) is 6.42 Å². The van der Waals surface area contributed by atoms with Gasteiger partial charge in [0.2, 0.25) is 0 Å². The van der Waals surface area contributed by atoms with Crippen LogP contribution >= 0.6 is 22.6 Å². The van der Waals surface area contributed by atoms with E-state index in [0.717, 1.165) is 25.7 Å². The number of aliphatic hydroxyl groups is 1. The Hall–Kier alpha value is -0.350. The first-order valence-electron chi connectivity index (χ1n) is 5.32. The second-order valence-corrected chi connectivity index (χ2v) is 4.34.